The van der Waals surface area contributed by atoms with Crippen molar-refractivity contribution in [1.29, 1.82) is 0 Å². The van der Waals surface area contributed by atoms with Gasteiger partial charge in [-0.1, -0.05) is 11.8 Å². The molecule has 0 aliphatic carbocycles. The molecular weight excluding hydrogens is 324 g/mol. The molecule has 0 unspecified atom stereocenters. The zero-order chi connectivity index (χ0) is 17.1. The molecule has 0 radical (unpaired) electrons. The van der Waals surface area contributed by atoms with Crippen LogP contribution >= 0.6 is 11.8 Å². The Balaban J connectivity index is 2.06. The molecule has 23 heavy (non-hydrogen) atoms. The summed E-state index contributed by atoms with van der Waals surface area (Å²) in [6.07, 6.45) is 0.691. The Morgan fingerprint density at radius 1 is 1.57 bits per heavy atom. The fourth-order valence-electron chi connectivity index (χ4n) is 2.72. The van der Waals surface area contributed by atoms with E-state index in [-0.39, 0.29) is 30.8 Å². The summed E-state index contributed by atoms with van der Waals surface area (Å²) in [5.41, 5.74) is 5.13. The number of aliphatic hydroxyl groups excluding tert-OH is 1. The Morgan fingerprint density at radius 3 is 2.83 bits per heavy atom. The molecule has 126 valence electrons. The van der Waals surface area contributed by atoms with Crippen molar-refractivity contribution in [3.8, 4) is 0 Å². The molecule has 9 heteroatoms. The number of carboxylic acids is 1. The summed E-state index contributed by atoms with van der Waals surface area (Å²) in [7, 11) is 0. The Bertz CT molecular complexity index is 586. The number of aliphatic carboxylic acids is 1. The first-order chi connectivity index (χ1) is 10.9. The first kappa shape index (κ1) is 17.5. The van der Waals surface area contributed by atoms with E-state index in [1.165, 1.54) is 23.3 Å². The van der Waals surface area contributed by atoms with E-state index in [1.54, 1.807) is 0 Å². The number of aliphatic hydroxyl groups is 1. The predicted molar refractivity (Wildman–Crippen MR) is 81.8 cm³/mol. The van der Waals surface area contributed by atoms with Gasteiger partial charge in [-0.3, -0.25) is 4.79 Å². The van der Waals surface area contributed by atoms with Crippen LogP contribution in [0.4, 0.5) is 0 Å². The minimum Gasteiger partial charge on any atom is -0.477 e. The van der Waals surface area contributed by atoms with E-state index in [2.05, 4.69) is 0 Å². The first-order valence-corrected chi connectivity index (χ1v) is 7.94. The third kappa shape index (κ3) is 3.41. The second-order valence-electron chi connectivity index (χ2n) is 5.20. The number of amides is 1. The molecule has 0 aromatic carbocycles. The van der Waals surface area contributed by atoms with E-state index in [0.29, 0.717) is 11.3 Å². The van der Waals surface area contributed by atoms with Gasteiger partial charge in [-0.15, -0.1) is 0 Å². The molecule has 2 heterocycles. The largest absolute Gasteiger partial charge is 0.477 e. The number of rotatable bonds is 7. The maximum Gasteiger partial charge on any atom is 0.353 e. The Morgan fingerprint density at radius 2 is 2.26 bits per heavy atom. The van der Waals surface area contributed by atoms with Gasteiger partial charge in [-0.25, -0.2) is 9.59 Å². The molecule has 1 amide bonds. The maximum atomic E-state index is 12.0. The summed E-state index contributed by atoms with van der Waals surface area (Å²) in [4.78, 5) is 36.4. The number of hydrogen-bond donors (Lipinski definition) is 3. The number of nitrogens with zero attached hydrogens (tertiary/aromatic N) is 1. The van der Waals surface area contributed by atoms with Crippen molar-refractivity contribution in [2.75, 3.05) is 13.2 Å². The summed E-state index contributed by atoms with van der Waals surface area (Å²) >= 11 is 1.06. The lowest BCUT2D eigenvalue weighted by molar-refractivity contribution is -0.161. The summed E-state index contributed by atoms with van der Waals surface area (Å²) in [5, 5.41) is 20.4. The molecule has 4 N–H and O–H groups in total. The van der Waals surface area contributed by atoms with Crippen LogP contribution in [0.1, 0.15) is 13.3 Å². The Labute approximate surface area is 137 Å². The van der Waals surface area contributed by atoms with E-state index >= 15 is 0 Å². The van der Waals surface area contributed by atoms with Crippen LogP contribution in [0.25, 0.3) is 0 Å². The molecule has 0 bridgehead atoms. The molecule has 0 aromatic heterocycles. The SMILES string of the molecule is C[C@H](O)[C@H]1C(=O)N2C(C(=O)O)=C(S/C=C/C(=O)OCCN)C[C@H]12. The maximum absolute atomic E-state index is 12.0. The first-order valence-electron chi connectivity index (χ1n) is 7.06. The van der Waals surface area contributed by atoms with Crippen molar-refractivity contribution in [1.82, 2.24) is 4.90 Å². The fraction of sp³-hybridized carbons (Fsp3) is 0.500. The van der Waals surface area contributed by atoms with Crippen LogP contribution in [0.3, 0.4) is 0 Å². The molecule has 2 aliphatic rings. The predicted octanol–water partition coefficient (Wildman–Crippen LogP) is -0.357. The van der Waals surface area contributed by atoms with Crippen LogP contribution < -0.4 is 5.73 Å². The monoisotopic (exact) mass is 342 g/mol. The second-order valence-corrected chi connectivity index (χ2v) is 6.20. The number of carboxylic acid groups (broad SMARTS) is 1. The summed E-state index contributed by atoms with van der Waals surface area (Å²) < 4.78 is 4.76. The number of ether oxygens (including phenoxy) is 1. The van der Waals surface area contributed by atoms with Crippen molar-refractivity contribution < 1.29 is 29.3 Å². The zero-order valence-corrected chi connectivity index (χ0v) is 13.3. The van der Waals surface area contributed by atoms with E-state index in [4.69, 9.17) is 10.5 Å². The van der Waals surface area contributed by atoms with E-state index < -0.39 is 24.0 Å². The minimum atomic E-state index is -1.20. The van der Waals surface area contributed by atoms with Gasteiger partial charge >= 0.3 is 11.9 Å². The Hall–Kier alpha value is -1.84. The smallest absolute Gasteiger partial charge is 0.353 e. The van der Waals surface area contributed by atoms with Crippen molar-refractivity contribution in [2.45, 2.75) is 25.5 Å². The van der Waals surface area contributed by atoms with Gasteiger partial charge in [0.15, 0.2) is 0 Å². The van der Waals surface area contributed by atoms with E-state index in [9.17, 15) is 24.6 Å². The molecule has 3 atom stereocenters. The lowest BCUT2D eigenvalue weighted by atomic mass is 9.83. The van der Waals surface area contributed by atoms with Crippen LogP contribution in [0.5, 0.6) is 0 Å². The highest BCUT2D eigenvalue weighted by atomic mass is 32.2. The zero-order valence-electron chi connectivity index (χ0n) is 12.5. The molecule has 0 spiro atoms. The third-order valence-electron chi connectivity index (χ3n) is 3.67. The number of hydrogen-bond acceptors (Lipinski definition) is 7. The van der Waals surface area contributed by atoms with Crippen molar-refractivity contribution in [3.05, 3.63) is 22.1 Å². The quantitative estimate of drug-likeness (QED) is 0.325. The van der Waals surface area contributed by atoms with Gasteiger partial charge in [0, 0.05) is 23.9 Å². The number of carbonyl (C=O) groups excluding carboxylic acids is 2. The van der Waals surface area contributed by atoms with Gasteiger partial charge in [0.1, 0.15) is 12.3 Å². The van der Waals surface area contributed by atoms with Crippen molar-refractivity contribution in [2.24, 2.45) is 11.7 Å². The summed E-state index contributed by atoms with van der Waals surface area (Å²) in [6, 6.07) is -0.339. The van der Waals surface area contributed by atoms with Gasteiger partial charge in [-0.2, -0.15) is 0 Å². The highest BCUT2D eigenvalue weighted by Crippen LogP contribution is 2.47. The van der Waals surface area contributed by atoms with Gasteiger partial charge < -0.3 is 25.6 Å². The number of fused-ring (bicyclic) bond motifs is 1. The van der Waals surface area contributed by atoms with Gasteiger partial charge in [0.25, 0.3) is 0 Å². The summed E-state index contributed by atoms with van der Waals surface area (Å²) in [6.45, 7) is 1.84. The molecule has 2 rings (SSSR count). The van der Waals surface area contributed by atoms with Crippen molar-refractivity contribution >= 4 is 29.6 Å². The molecule has 2 aliphatic heterocycles. The van der Waals surface area contributed by atoms with Crippen molar-refractivity contribution in [3.63, 3.8) is 0 Å². The van der Waals surface area contributed by atoms with Crippen LogP contribution in [0, 0.1) is 5.92 Å². The Kier molecular flexibility index (Phi) is 5.45. The van der Waals surface area contributed by atoms with Crippen LogP contribution in [0.15, 0.2) is 22.1 Å². The normalized spacial score (nSPS) is 24.7. The number of thioether (sulfide) groups is 1. The highest BCUT2D eigenvalue weighted by molar-refractivity contribution is 8.05. The molecule has 1 fully saturated rings. The lowest BCUT2D eigenvalue weighted by Gasteiger charge is -2.44. The summed E-state index contributed by atoms with van der Waals surface area (Å²) in [5.74, 6) is -2.74. The number of nitrogens with two attached hydrogens (primary N) is 1. The molecule has 1 saturated heterocycles. The van der Waals surface area contributed by atoms with Gasteiger partial charge in [0.05, 0.1) is 18.1 Å². The van der Waals surface area contributed by atoms with Crippen LogP contribution in [-0.4, -0.2) is 58.3 Å². The van der Waals surface area contributed by atoms with Crippen LogP contribution in [0.2, 0.25) is 0 Å². The molecule has 0 aromatic rings. The molecular formula is C14H18N2O6S. The van der Waals surface area contributed by atoms with E-state index in [0.717, 1.165) is 11.8 Å². The number of esters is 1. The average Bonchev–Trinajstić information content (AvgIpc) is 2.79. The topological polar surface area (TPSA) is 130 Å². The number of carbonyl (C=O) groups is 3. The number of β-lactam (4-membered cyclic amide) rings is 1. The van der Waals surface area contributed by atoms with Crippen LogP contribution in [-0.2, 0) is 19.1 Å². The lowest BCUT2D eigenvalue weighted by Crippen LogP contribution is -2.61. The minimum absolute atomic E-state index is 0.0816. The molecule has 0 saturated carbocycles. The average molecular weight is 342 g/mol. The van der Waals surface area contributed by atoms with E-state index in [1.807, 2.05) is 0 Å². The molecule has 8 nitrogen and oxygen atoms in total. The third-order valence-corrected chi connectivity index (χ3v) is 4.58. The van der Waals surface area contributed by atoms with Gasteiger partial charge in [-0.05, 0) is 12.3 Å². The highest BCUT2D eigenvalue weighted by Gasteiger charge is 2.56. The fourth-order valence-corrected chi connectivity index (χ4v) is 3.62. The standard InChI is InChI=1S/C14H18N2O6S/c1-7(17)11-8-6-9(12(14(20)21)16(8)13(11)19)23-5-2-10(18)22-4-3-15/h2,5,7-8,11,17H,3-4,6,15H2,1H3,(H,20,21)/b5-2+/t7-,8+,11+/m0/s1. The van der Waals surface area contributed by atoms with Gasteiger partial charge in [0.2, 0.25) is 5.91 Å². The second kappa shape index (κ2) is 7.16.